The Balaban J connectivity index is 1.18. The Kier molecular flexibility index (Phi) is 10.6. The molecule has 1 N–H and O–H groups in total. The fourth-order valence-corrected chi connectivity index (χ4v) is 12.3. The monoisotopic (exact) mass is 798 g/mol. The summed E-state index contributed by atoms with van der Waals surface area (Å²) < 4.78 is 59.6. The van der Waals surface area contributed by atoms with Crippen LogP contribution in [0, 0.1) is 17.8 Å². The van der Waals surface area contributed by atoms with Crippen molar-refractivity contribution < 1.29 is 27.3 Å². The zero-order chi connectivity index (χ0) is 38.8. The van der Waals surface area contributed by atoms with Crippen LogP contribution in [-0.4, -0.2) is 108 Å². The minimum Gasteiger partial charge on any atom is -0.490 e. The van der Waals surface area contributed by atoms with Crippen LogP contribution in [0.15, 0.2) is 48.6 Å². The van der Waals surface area contributed by atoms with E-state index in [0.717, 1.165) is 68.2 Å². The number of allylic oxidation sites excluding steroid dienone is 1. The number of fused-ring (bicyclic) bond motifs is 5. The number of ether oxygens (including phenoxy) is 2. The van der Waals surface area contributed by atoms with E-state index >= 15 is 0 Å². The van der Waals surface area contributed by atoms with E-state index in [2.05, 4.69) is 49.6 Å². The van der Waals surface area contributed by atoms with Crippen LogP contribution in [-0.2, 0) is 26.3 Å². The number of rotatable bonds is 3. The maximum Gasteiger partial charge on any atom is 0.262 e. The quantitative estimate of drug-likeness (QED) is 0.266. The number of hydrogen-bond acceptors (Lipinski definition) is 7. The van der Waals surface area contributed by atoms with Gasteiger partial charge in [-0.3, -0.25) is 19.3 Å². The Bertz CT molecular complexity index is 1930. The third kappa shape index (κ3) is 7.57. The average molecular weight is 799 g/mol. The standard InChI is InChI=1S/C43H57ClF2N4O4S/c1-29-7-5-16-42(53-3,27-48-19-20-49-18-17-43(45,46)23-35(49)25-48)37-12-9-33(37)24-50-26-41(15-6-8-31-21-34(44)11-13-36(31)41)28-54-39-14-10-32(22-38(39)50)40(51)47-55(4,52)30(29)2/h5,10-11,13-14,16,21-22,29-30,33,35,37H,4,6-9,12,15,17-20,23-28H2,1-3H3,(H,47,51,52)/b16-5+/t29-,30+,33-,35?,37+,41-,42+,55?/m0/s1. The molecular formula is C43H57ClF2N4O4S. The number of hydrogen-bond donors (Lipinski definition) is 1. The van der Waals surface area contributed by atoms with Gasteiger partial charge in [-0.25, -0.2) is 13.0 Å². The Morgan fingerprint density at radius 3 is 2.71 bits per heavy atom. The topological polar surface area (TPSA) is 74.4 Å². The molecule has 6 aliphatic rings. The summed E-state index contributed by atoms with van der Waals surface area (Å²) in [6.07, 6.45) is 9.81. The van der Waals surface area contributed by atoms with Gasteiger partial charge < -0.3 is 14.4 Å². The van der Waals surface area contributed by atoms with Crippen LogP contribution >= 0.6 is 11.6 Å². The second-order valence-electron chi connectivity index (χ2n) is 17.6. The summed E-state index contributed by atoms with van der Waals surface area (Å²) in [7, 11) is -1.22. The first-order valence-electron chi connectivity index (χ1n) is 20.3. The number of piperazine rings is 1. The molecule has 4 heterocycles. The second-order valence-corrected chi connectivity index (χ2v) is 20.4. The number of piperidine rings is 1. The highest BCUT2D eigenvalue weighted by Crippen LogP contribution is 2.49. The van der Waals surface area contributed by atoms with Gasteiger partial charge in [0.15, 0.2) is 0 Å². The lowest BCUT2D eigenvalue weighted by atomic mass is 9.63. The van der Waals surface area contributed by atoms with Crippen molar-refractivity contribution >= 4 is 38.8 Å². The summed E-state index contributed by atoms with van der Waals surface area (Å²) in [5.41, 5.74) is 2.87. The fourth-order valence-electron chi connectivity index (χ4n) is 10.6. The molecule has 8 atom stereocenters. The van der Waals surface area contributed by atoms with Crippen LogP contribution in [0.25, 0.3) is 0 Å². The van der Waals surface area contributed by atoms with Crippen LogP contribution in [0.4, 0.5) is 14.5 Å². The Morgan fingerprint density at radius 2 is 1.93 bits per heavy atom. The molecule has 1 spiro atoms. The lowest BCUT2D eigenvalue weighted by Crippen LogP contribution is -2.62. The number of nitrogens with zero attached hydrogens (tertiary/aromatic N) is 3. The van der Waals surface area contributed by atoms with E-state index in [1.54, 1.807) is 13.2 Å². The first-order valence-corrected chi connectivity index (χ1v) is 22.4. The molecule has 2 aromatic carbocycles. The molecule has 4 aliphatic heterocycles. The second kappa shape index (κ2) is 14.9. The number of benzene rings is 2. The Hall–Kier alpha value is -2.70. The van der Waals surface area contributed by atoms with Crippen molar-refractivity contribution in [3.63, 3.8) is 0 Å². The molecule has 55 heavy (non-hydrogen) atoms. The fraction of sp³-hybridized carbons (Fsp3) is 0.628. The molecule has 2 aromatic rings. The third-order valence-corrected chi connectivity index (χ3v) is 16.6. The van der Waals surface area contributed by atoms with Crippen molar-refractivity contribution in [3.8, 4) is 5.75 Å². The van der Waals surface area contributed by atoms with Crippen LogP contribution < -0.4 is 14.4 Å². The van der Waals surface area contributed by atoms with E-state index in [4.69, 9.17) is 21.1 Å². The lowest BCUT2D eigenvalue weighted by Gasteiger charge is -2.53. The molecule has 300 valence electrons. The molecule has 2 aliphatic carbocycles. The number of amides is 1. The number of nitrogens with one attached hydrogen (secondary N) is 1. The van der Waals surface area contributed by atoms with E-state index in [1.807, 2.05) is 32.0 Å². The molecule has 0 aromatic heterocycles. The average Bonchev–Trinajstić information content (AvgIpc) is 3.28. The molecule has 0 radical (unpaired) electrons. The minimum atomic E-state index is -3.02. The number of anilines is 1. The molecular weight excluding hydrogens is 742 g/mol. The van der Waals surface area contributed by atoms with Gasteiger partial charge in [0.25, 0.3) is 11.8 Å². The molecule has 2 saturated heterocycles. The lowest BCUT2D eigenvalue weighted by molar-refractivity contribution is -0.119. The number of halogens is 3. The molecule has 12 heteroatoms. The van der Waals surface area contributed by atoms with Gasteiger partial charge in [-0.05, 0) is 111 Å². The van der Waals surface area contributed by atoms with Crippen LogP contribution in [0.5, 0.6) is 5.75 Å². The van der Waals surface area contributed by atoms with Crippen molar-refractivity contribution in [2.45, 2.75) is 93.4 Å². The number of aryl methyl sites for hydroxylation is 1. The van der Waals surface area contributed by atoms with Gasteiger partial charge in [-0.2, -0.15) is 0 Å². The molecule has 1 amide bonds. The third-order valence-electron chi connectivity index (χ3n) is 14.2. The van der Waals surface area contributed by atoms with Crippen molar-refractivity contribution in [2.75, 3.05) is 64.4 Å². The minimum absolute atomic E-state index is 0.0467. The smallest absolute Gasteiger partial charge is 0.262 e. The van der Waals surface area contributed by atoms with E-state index in [-0.39, 0.29) is 42.1 Å². The molecule has 2 bridgehead atoms. The van der Waals surface area contributed by atoms with Crippen molar-refractivity contribution in [1.82, 2.24) is 14.5 Å². The van der Waals surface area contributed by atoms with Crippen LogP contribution in [0.2, 0.25) is 5.02 Å². The summed E-state index contributed by atoms with van der Waals surface area (Å²) in [5.74, 6) is 2.13. The van der Waals surface area contributed by atoms with Gasteiger partial charge in [-0.1, -0.05) is 36.7 Å². The number of carbonyl (C=O) groups is 1. The van der Waals surface area contributed by atoms with Crippen molar-refractivity contribution in [1.29, 1.82) is 0 Å². The summed E-state index contributed by atoms with van der Waals surface area (Å²) in [4.78, 5) is 20.9. The number of methoxy groups -OCH3 is 1. The van der Waals surface area contributed by atoms with E-state index in [1.165, 1.54) is 11.1 Å². The summed E-state index contributed by atoms with van der Waals surface area (Å²) in [6.45, 7) is 9.11. The predicted molar refractivity (Wildman–Crippen MR) is 217 cm³/mol. The molecule has 2 unspecified atom stereocenters. The molecule has 1 saturated carbocycles. The van der Waals surface area contributed by atoms with Crippen LogP contribution in [0.1, 0.15) is 80.3 Å². The first-order chi connectivity index (χ1) is 26.2. The van der Waals surface area contributed by atoms with Crippen molar-refractivity contribution in [3.05, 3.63) is 70.3 Å². The normalized spacial score (nSPS) is 37.3. The van der Waals surface area contributed by atoms with Gasteiger partial charge in [0.05, 0.1) is 22.0 Å². The highest BCUT2D eigenvalue weighted by Gasteiger charge is 2.51. The van der Waals surface area contributed by atoms with Gasteiger partial charge in [0, 0.05) is 93.1 Å². The zero-order valence-electron chi connectivity index (χ0n) is 32.5. The largest absolute Gasteiger partial charge is 0.490 e. The predicted octanol–water partition coefficient (Wildman–Crippen LogP) is 6.99. The molecule has 3 fully saturated rings. The summed E-state index contributed by atoms with van der Waals surface area (Å²) in [5, 5.41) is 0.337. The van der Waals surface area contributed by atoms with E-state index in [0.29, 0.717) is 44.8 Å². The van der Waals surface area contributed by atoms with E-state index < -0.39 is 32.4 Å². The zero-order valence-corrected chi connectivity index (χ0v) is 34.1. The SMILES string of the molecule is C=S1(=O)NC(=O)c2ccc3c(c2)N(C[C@@H]2CC[C@H]2[C@@](CN2CCN4CCC(F)(F)CC4C2)(OC)/C=C/C[C@H](C)[C@H]1C)C[C@@]1(CCCc2cc(Cl)ccc21)CO3. The summed E-state index contributed by atoms with van der Waals surface area (Å²) in [6, 6.07) is 11.6. The van der Waals surface area contributed by atoms with Gasteiger partial charge in [0.1, 0.15) is 11.4 Å². The van der Waals surface area contributed by atoms with E-state index in [9.17, 15) is 17.8 Å². The highest BCUT2D eigenvalue weighted by molar-refractivity contribution is 7.99. The molecule has 8 rings (SSSR count). The van der Waals surface area contributed by atoms with Gasteiger partial charge >= 0.3 is 0 Å². The van der Waals surface area contributed by atoms with Crippen LogP contribution in [0.3, 0.4) is 0 Å². The Labute approximate surface area is 331 Å². The summed E-state index contributed by atoms with van der Waals surface area (Å²) >= 11 is 6.51. The maximum absolute atomic E-state index is 14.6. The van der Waals surface area contributed by atoms with Crippen molar-refractivity contribution in [2.24, 2.45) is 17.8 Å². The van der Waals surface area contributed by atoms with Gasteiger partial charge in [-0.15, -0.1) is 0 Å². The molecule has 8 nitrogen and oxygen atoms in total. The number of carbonyl (C=O) groups excluding carboxylic acids is 1. The Morgan fingerprint density at radius 1 is 1.09 bits per heavy atom. The highest BCUT2D eigenvalue weighted by atomic mass is 35.5. The first kappa shape index (κ1) is 39.1. The van der Waals surface area contributed by atoms with Gasteiger partial charge in [0.2, 0.25) is 0 Å². The number of alkyl halides is 2. The maximum atomic E-state index is 14.6.